The van der Waals surface area contributed by atoms with Gasteiger partial charge in [-0.1, -0.05) is 17.7 Å². The molecule has 1 rings (SSSR count). The zero-order valence-corrected chi connectivity index (χ0v) is 9.45. The molecule has 0 aliphatic heterocycles. The van der Waals surface area contributed by atoms with E-state index in [2.05, 4.69) is 11.4 Å². The van der Waals surface area contributed by atoms with Crippen LogP contribution < -0.4 is 5.32 Å². The molecule has 4 heteroatoms. The van der Waals surface area contributed by atoms with Gasteiger partial charge in [-0.3, -0.25) is 0 Å². The van der Waals surface area contributed by atoms with Gasteiger partial charge in [-0.25, -0.2) is 0 Å². The lowest BCUT2D eigenvalue weighted by atomic mass is 10.2. The van der Waals surface area contributed by atoms with Gasteiger partial charge in [0.2, 0.25) is 0 Å². The first-order valence-electron chi connectivity index (χ1n) is 4.21. The number of halogens is 1. The molecule has 1 aromatic rings. The Bertz CT molecular complexity index is 346. The van der Waals surface area contributed by atoms with Crippen molar-refractivity contribution >= 4 is 29.1 Å². The van der Waals surface area contributed by atoms with E-state index in [1.807, 2.05) is 18.4 Å². The second kappa shape index (κ2) is 5.79. The summed E-state index contributed by atoms with van der Waals surface area (Å²) >= 11 is 7.63. The first kappa shape index (κ1) is 11.2. The van der Waals surface area contributed by atoms with Crippen LogP contribution in [0.5, 0.6) is 0 Å². The third-order valence-corrected chi connectivity index (χ3v) is 2.67. The van der Waals surface area contributed by atoms with Gasteiger partial charge in [-0.05, 0) is 18.4 Å². The number of benzene rings is 1. The molecule has 0 radical (unpaired) electrons. The topological polar surface area (TPSA) is 35.8 Å². The van der Waals surface area contributed by atoms with Gasteiger partial charge in [0.15, 0.2) is 0 Å². The summed E-state index contributed by atoms with van der Waals surface area (Å²) in [5.41, 5.74) is 1.34. The van der Waals surface area contributed by atoms with Crippen LogP contribution >= 0.6 is 23.4 Å². The summed E-state index contributed by atoms with van der Waals surface area (Å²) in [4.78, 5) is 0. The molecule has 0 saturated heterocycles. The molecule has 0 aliphatic carbocycles. The first-order valence-corrected chi connectivity index (χ1v) is 5.98. The summed E-state index contributed by atoms with van der Waals surface area (Å²) in [5, 5.41) is 12.6. The number of rotatable bonds is 4. The lowest BCUT2D eigenvalue weighted by Gasteiger charge is -2.07. The van der Waals surface area contributed by atoms with Gasteiger partial charge < -0.3 is 5.32 Å². The van der Waals surface area contributed by atoms with Crippen molar-refractivity contribution in [2.75, 3.05) is 23.9 Å². The number of hydrogen-bond donors (Lipinski definition) is 1. The summed E-state index contributed by atoms with van der Waals surface area (Å²) in [6.45, 7) is 0.843. The second-order valence-electron chi connectivity index (χ2n) is 2.69. The van der Waals surface area contributed by atoms with Gasteiger partial charge >= 0.3 is 0 Å². The van der Waals surface area contributed by atoms with E-state index in [4.69, 9.17) is 16.9 Å². The highest BCUT2D eigenvalue weighted by Crippen LogP contribution is 2.22. The predicted octanol–water partition coefficient (Wildman–Crippen LogP) is 2.99. The number of thioether (sulfide) groups is 1. The van der Waals surface area contributed by atoms with Gasteiger partial charge in [-0.15, -0.1) is 0 Å². The summed E-state index contributed by atoms with van der Waals surface area (Å²) in [5.74, 6) is 1.01. The minimum Gasteiger partial charge on any atom is -0.383 e. The Morgan fingerprint density at radius 1 is 1.57 bits per heavy atom. The maximum absolute atomic E-state index is 8.88. The maximum atomic E-state index is 8.88. The molecule has 0 aliphatic rings. The Morgan fingerprint density at radius 3 is 3.00 bits per heavy atom. The third-order valence-electron chi connectivity index (χ3n) is 1.75. The first-order chi connectivity index (χ1) is 6.79. The standard InChI is InChI=1S/C10H11ClN2S/c1-14-6-5-13-10-4-2-3-9(11)8(10)7-12/h2-4,13H,5-6H2,1H3. The molecule has 0 saturated carbocycles. The van der Waals surface area contributed by atoms with Crippen LogP contribution in [0, 0.1) is 11.3 Å². The van der Waals surface area contributed by atoms with E-state index < -0.39 is 0 Å². The zero-order valence-electron chi connectivity index (χ0n) is 7.88. The van der Waals surface area contributed by atoms with Crippen molar-refractivity contribution in [2.24, 2.45) is 0 Å². The van der Waals surface area contributed by atoms with Crippen LogP contribution in [-0.2, 0) is 0 Å². The highest BCUT2D eigenvalue weighted by atomic mass is 35.5. The highest BCUT2D eigenvalue weighted by molar-refractivity contribution is 7.98. The number of anilines is 1. The monoisotopic (exact) mass is 226 g/mol. The molecular weight excluding hydrogens is 216 g/mol. The fourth-order valence-electron chi connectivity index (χ4n) is 1.07. The second-order valence-corrected chi connectivity index (χ2v) is 4.09. The van der Waals surface area contributed by atoms with Crippen LogP contribution in [0.15, 0.2) is 18.2 Å². The summed E-state index contributed by atoms with van der Waals surface area (Å²) in [6, 6.07) is 7.52. The molecule has 0 aromatic heterocycles. The van der Waals surface area contributed by atoms with Gasteiger partial charge in [0.05, 0.1) is 16.3 Å². The van der Waals surface area contributed by atoms with Crippen molar-refractivity contribution in [3.8, 4) is 6.07 Å². The SMILES string of the molecule is CSCCNc1cccc(Cl)c1C#N. The van der Waals surface area contributed by atoms with Crippen molar-refractivity contribution in [3.63, 3.8) is 0 Å². The quantitative estimate of drug-likeness (QED) is 0.802. The van der Waals surface area contributed by atoms with Crippen LogP contribution in [0.3, 0.4) is 0 Å². The lowest BCUT2D eigenvalue weighted by molar-refractivity contribution is 1.22. The normalized spacial score (nSPS) is 9.50. The summed E-state index contributed by atoms with van der Waals surface area (Å²) in [7, 11) is 0. The smallest absolute Gasteiger partial charge is 0.103 e. The minimum absolute atomic E-state index is 0.502. The van der Waals surface area contributed by atoms with Crippen LogP contribution in [-0.4, -0.2) is 18.6 Å². The van der Waals surface area contributed by atoms with Crippen LogP contribution in [0.1, 0.15) is 5.56 Å². The van der Waals surface area contributed by atoms with Gasteiger partial charge in [0, 0.05) is 12.3 Å². The van der Waals surface area contributed by atoms with E-state index in [9.17, 15) is 0 Å². The predicted molar refractivity (Wildman–Crippen MR) is 63.0 cm³/mol. The fraction of sp³-hybridized carbons (Fsp3) is 0.300. The Hall–Kier alpha value is -0.850. The van der Waals surface area contributed by atoms with Crippen molar-refractivity contribution in [3.05, 3.63) is 28.8 Å². The van der Waals surface area contributed by atoms with Crippen molar-refractivity contribution in [1.82, 2.24) is 0 Å². The fourth-order valence-corrected chi connectivity index (χ4v) is 1.60. The Morgan fingerprint density at radius 2 is 2.36 bits per heavy atom. The van der Waals surface area contributed by atoms with Gasteiger partial charge in [-0.2, -0.15) is 17.0 Å². The molecule has 1 aromatic carbocycles. The van der Waals surface area contributed by atoms with E-state index in [0.717, 1.165) is 18.0 Å². The zero-order chi connectivity index (χ0) is 10.4. The molecule has 0 unspecified atom stereocenters. The maximum Gasteiger partial charge on any atom is 0.103 e. The van der Waals surface area contributed by atoms with Crippen LogP contribution in [0.4, 0.5) is 5.69 Å². The Kier molecular flexibility index (Phi) is 4.64. The number of nitriles is 1. The van der Waals surface area contributed by atoms with Crippen LogP contribution in [0.2, 0.25) is 5.02 Å². The molecule has 0 bridgehead atoms. The van der Waals surface area contributed by atoms with Gasteiger partial charge in [0.25, 0.3) is 0 Å². The van der Waals surface area contributed by atoms with Crippen molar-refractivity contribution in [1.29, 1.82) is 5.26 Å². The molecule has 1 N–H and O–H groups in total. The van der Waals surface area contributed by atoms with E-state index in [-0.39, 0.29) is 0 Å². The summed E-state index contributed by atoms with van der Waals surface area (Å²) in [6.07, 6.45) is 2.05. The number of nitrogens with one attached hydrogen (secondary N) is 1. The average Bonchev–Trinajstić information content (AvgIpc) is 2.18. The van der Waals surface area contributed by atoms with Crippen LogP contribution in [0.25, 0.3) is 0 Å². The molecule has 14 heavy (non-hydrogen) atoms. The van der Waals surface area contributed by atoms with Crippen molar-refractivity contribution < 1.29 is 0 Å². The molecular formula is C10H11ClN2S. The average molecular weight is 227 g/mol. The molecule has 0 fully saturated rings. The molecule has 0 amide bonds. The van der Waals surface area contributed by atoms with E-state index in [1.165, 1.54) is 0 Å². The van der Waals surface area contributed by atoms with Crippen molar-refractivity contribution in [2.45, 2.75) is 0 Å². The number of nitrogens with zero attached hydrogens (tertiary/aromatic N) is 1. The largest absolute Gasteiger partial charge is 0.383 e. The molecule has 0 heterocycles. The van der Waals surface area contributed by atoms with E-state index in [1.54, 1.807) is 17.8 Å². The molecule has 74 valence electrons. The third kappa shape index (κ3) is 2.83. The highest BCUT2D eigenvalue weighted by Gasteiger charge is 2.04. The number of hydrogen-bond acceptors (Lipinski definition) is 3. The minimum atomic E-state index is 0.502. The molecule has 0 atom stereocenters. The molecule has 2 nitrogen and oxygen atoms in total. The van der Waals surface area contributed by atoms with E-state index in [0.29, 0.717) is 10.6 Å². The van der Waals surface area contributed by atoms with E-state index >= 15 is 0 Å². The Balaban J connectivity index is 2.76. The summed E-state index contributed by atoms with van der Waals surface area (Å²) < 4.78 is 0. The van der Waals surface area contributed by atoms with Gasteiger partial charge in [0.1, 0.15) is 6.07 Å². The Labute approximate surface area is 93.3 Å². The lowest BCUT2D eigenvalue weighted by Crippen LogP contribution is -2.05. The molecule has 0 spiro atoms.